The molecule has 0 saturated carbocycles. The van der Waals surface area contributed by atoms with Crippen LogP contribution in [0.1, 0.15) is 64.0 Å². The maximum atomic E-state index is 4.59. The van der Waals surface area contributed by atoms with Crippen LogP contribution in [-0.4, -0.2) is 0 Å². The molecule has 0 aliphatic carbocycles. The van der Waals surface area contributed by atoms with Crippen LogP contribution < -0.4 is 0 Å². The highest BCUT2D eigenvalue weighted by Crippen LogP contribution is 2.29. The first kappa shape index (κ1) is 13.6. The first-order valence-corrected chi connectivity index (χ1v) is 6.72. The van der Waals surface area contributed by atoms with Gasteiger partial charge in [-0.3, -0.25) is 0 Å². The van der Waals surface area contributed by atoms with Gasteiger partial charge in [-0.15, -0.1) is 0 Å². The predicted octanol–water partition coefficient (Wildman–Crippen LogP) is 5.15. The first-order valence-electron chi connectivity index (χ1n) is 6.28. The molecule has 1 heteroatoms. The van der Waals surface area contributed by atoms with Crippen LogP contribution in [0.2, 0.25) is 0 Å². The average molecular weight is 236 g/mol. The molecule has 0 aliphatic heterocycles. The van der Waals surface area contributed by atoms with E-state index in [1.807, 2.05) is 0 Å². The second-order valence-corrected chi connectivity index (χ2v) is 6.34. The van der Waals surface area contributed by atoms with Gasteiger partial charge in [0.25, 0.3) is 0 Å². The molecule has 1 atom stereocenters. The van der Waals surface area contributed by atoms with Crippen LogP contribution in [0.15, 0.2) is 24.3 Å². The summed E-state index contributed by atoms with van der Waals surface area (Å²) in [5, 5.41) is 0. The van der Waals surface area contributed by atoms with E-state index in [9.17, 15) is 0 Å². The minimum absolute atomic E-state index is 0.0365. The third kappa shape index (κ3) is 3.86. The molecular formula is C15H24S. The van der Waals surface area contributed by atoms with Crippen LogP contribution >= 0.6 is 12.6 Å². The third-order valence-corrected chi connectivity index (χ3v) is 3.44. The quantitative estimate of drug-likeness (QED) is 0.672. The van der Waals surface area contributed by atoms with Crippen molar-refractivity contribution >= 4 is 12.6 Å². The standard InChI is InChI=1S/C15H24S/c1-5-6-7-12(2)13-8-10-14(11-9-13)15(3,4)16/h8-12,16H,5-7H2,1-4H3. The lowest BCUT2D eigenvalue weighted by atomic mass is 9.93. The van der Waals surface area contributed by atoms with E-state index in [1.165, 1.54) is 30.4 Å². The lowest BCUT2D eigenvalue weighted by Crippen LogP contribution is -2.07. The second kappa shape index (κ2) is 5.77. The molecule has 1 aromatic carbocycles. The molecular weight excluding hydrogens is 212 g/mol. The van der Waals surface area contributed by atoms with Gasteiger partial charge in [0.05, 0.1) is 0 Å². The van der Waals surface area contributed by atoms with Crippen molar-refractivity contribution in [1.29, 1.82) is 0 Å². The molecule has 1 unspecified atom stereocenters. The minimum atomic E-state index is -0.0365. The Morgan fingerprint density at radius 3 is 2.19 bits per heavy atom. The third-order valence-electron chi connectivity index (χ3n) is 3.18. The summed E-state index contributed by atoms with van der Waals surface area (Å²) < 4.78 is -0.0365. The number of hydrogen-bond acceptors (Lipinski definition) is 1. The summed E-state index contributed by atoms with van der Waals surface area (Å²) in [6.07, 6.45) is 3.90. The van der Waals surface area contributed by atoms with Gasteiger partial charge in [0.2, 0.25) is 0 Å². The molecule has 0 bridgehead atoms. The van der Waals surface area contributed by atoms with Crippen LogP contribution in [0.4, 0.5) is 0 Å². The predicted molar refractivity (Wildman–Crippen MR) is 76.4 cm³/mol. The fraction of sp³-hybridized carbons (Fsp3) is 0.600. The van der Waals surface area contributed by atoms with Gasteiger partial charge in [-0.1, -0.05) is 51.0 Å². The smallest absolute Gasteiger partial charge is 0.0322 e. The van der Waals surface area contributed by atoms with Gasteiger partial charge < -0.3 is 0 Å². The molecule has 0 amide bonds. The van der Waals surface area contributed by atoms with E-state index >= 15 is 0 Å². The summed E-state index contributed by atoms with van der Waals surface area (Å²) in [6.45, 7) is 8.83. The zero-order chi connectivity index (χ0) is 12.2. The minimum Gasteiger partial charge on any atom is -0.168 e. The van der Waals surface area contributed by atoms with Crippen LogP contribution in [0.3, 0.4) is 0 Å². The normalized spacial score (nSPS) is 13.8. The fourth-order valence-corrected chi connectivity index (χ4v) is 2.05. The van der Waals surface area contributed by atoms with Crippen molar-refractivity contribution in [3.63, 3.8) is 0 Å². The maximum absolute atomic E-state index is 4.59. The average Bonchev–Trinajstić information content (AvgIpc) is 2.25. The molecule has 0 aliphatic rings. The van der Waals surface area contributed by atoms with Crippen LogP contribution in [0, 0.1) is 0 Å². The molecule has 0 radical (unpaired) electrons. The maximum Gasteiger partial charge on any atom is 0.0322 e. The largest absolute Gasteiger partial charge is 0.168 e. The number of thiol groups is 1. The number of benzene rings is 1. The molecule has 90 valence electrons. The molecule has 0 heterocycles. The molecule has 1 rings (SSSR count). The van der Waals surface area contributed by atoms with E-state index < -0.39 is 0 Å². The van der Waals surface area contributed by atoms with E-state index in [0.717, 1.165) is 0 Å². The Bertz CT molecular complexity index is 305. The summed E-state index contributed by atoms with van der Waals surface area (Å²) in [5.74, 6) is 0.678. The molecule has 1 aromatic rings. The highest BCUT2D eigenvalue weighted by Gasteiger charge is 2.14. The molecule has 0 aromatic heterocycles. The van der Waals surface area contributed by atoms with Crippen LogP contribution in [0.5, 0.6) is 0 Å². The van der Waals surface area contributed by atoms with Gasteiger partial charge in [-0.25, -0.2) is 0 Å². The van der Waals surface area contributed by atoms with Crippen molar-refractivity contribution in [3.8, 4) is 0 Å². The Balaban J connectivity index is 2.71. The van der Waals surface area contributed by atoms with Crippen molar-refractivity contribution in [2.75, 3.05) is 0 Å². The van der Waals surface area contributed by atoms with Gasteiger partial charge in [0.1, 0.15) is 0 Å². The van der Waals surface area contributed by atoms with Crippen molar-refractivity contribution in [1.82, 2.24) is 0 Å². The first-order chi connectivity index (χ1) is 7.45. The van der Waals surface area contributed by atoms with Gasteiger partial charge in [-0.2, -0.15) is 12.6 Å². The Morgan fingerprint density at radius 2 is 1.75 bits per heavy atom. The Morgan fingerprint density at radius 1 is 1.19 bits per heavy atom. The monoisotopic (exact) mass is 236 g/mol. The van der Waals surface area contributed by atoms with Crippen molar-refractivity contribution in [2.45, 2.75) is 57.6 Å². The second-order valence-electron chi connectivity index (χ2n) is 5.22. The fourth-order valence-electron chi connectivity index (χ4n) is 1.90. The highest BCUT2D eigenvalue weighted by molar-refractivity contribution is 7.81. The molecule has 16 heavy (non-hydrogen) atoms. The van der Waals surface area contributed by atoms with Gasteiger partial charge in [0, 0.05) is 4.75 Å². The molecule has 0 N–H and O–H groups in total. The summed E-state index contributed by atoms with van der Waals surface area (Å²) in [5.41, 5.74) is 2.75. The molecule has 0 spiro atoms. The molecule has 0 nitrogen and oxygen atoms in total. The Kier molecular flexibility index (Phi) is 4.91. The van der Waals surface area contributed by atoms with Gasteiger partial charge in [0.15, 0.2) is 0 Å². The number of hydrogen-bond donors (Lipinski definition) is 1. The number of rotatable bonds is 5. The van der Waals surface area contributed by atoms with Gasteiger partial charge in [-0.05, 0) is 37.3 Å². The summed E-state index contributed by atoms with van der Waals surface area (Å²) in [4.78, 5) is 0. The zero-order valence-corrected chi connectivity index (χ0v) is 11.8. The SMILES string of the molecule is CCCCC(C)c1ccc(C(C)(C)S)cc1. The van der Waals surface area contributed by atoms with Crippen molar-refractivity contribution in [3.05, 3.63) is 35.4 Å². The van der Waals surface area contributed by atoms with E-state index in [0.29, 0.717) is 5.92 Å². The topological polar surface area (TPSA) is 0 Å². The summed E-state index contributed by atoms with van der Waals surface area (Å²) in [6, 6.07) is 8.94. The zero-order valence-electron chi connectivity index (χ0n) is 11.0. The van der Waals surface area contributed by atoms with E-state index in [2.05, 4.69) is 64.6 Å². The van der Waals surface area contributed by atoms with Crippen LogP contribution in [0.25, 0.3) is 0 Å². The van der Waals surface area contributed by atoms with Crippen molar-refractivity contribution < 1.29 is 0 Å². The highest BCUT2D eigenvalue weighted by atomic mass is 32.1. The van der Waals surface area contributed by atoms with Crippen molar-refractivity contribution in [2.24, 2.45) is 0 Å². The lowest BCUT2D eigenvalue weighted by molar-refractivity contribution is 0.623. The Labute approximate surface area is 106 Å². The lowest BCUT2D eigenvalue weighted by Gasteiger charge is -2.19. The summed E-state index contributed by atoms with van der Waals surface area (Å²) in [7, 11) is 0. The van der Waals surface area contributed by atoms with E-state index in [-0.39, 0.29) is 4.75 Å². The summed E-state index contributed by atoms with van der Waals surface area (Å²) >= 11 is 4.59. The Hall–Kier alpha value is -0.430. The van der Waals surface area contributed by atoms with Crippen LogP contribution in [-0.2, 0) is 4.75 Å². The van der Waals surface area contributed by atoms with E-state index in [4.69, 9.17) is 0 Å². The van der Waals surface area contributed by atoms with Gasteiger partial charge >= 0.3 is 0 Å². The molecule has 0 saturated heterocycles. The number of unbranched alkanes of at least 4 members (excludes halogenated alkanes) is 1. The van der Waals surface area contributed by atoms with E-state index in [1.54, 1.807) is 0 Å². The molecule has 0 fully saturated rings.